The highest BCUT2D eigenvalue weighted by molar-refractivity contribution is 8.00. The van der Waals surface area contributed by atoms with Gasteiger partial charge in [0.05, 0.1) is 0 Å². The summed E-state index contributed by atoms with van der Waals surface area (Å²) in [6.07, 6.45) is 3.26. The molecule has 0 saturated carbocycles. The van der Waals surface area contributed by atoms with Crippen molar-refractivity contribution < 1.29 is 9.90 Å². The van der Waals surface area contributed by atoms with Crippen molar-refractivity contribution in [2.75, 3.05) is 12.3 Å². The first-order valence-corrected chi connectivity index (χ1v) is 7.88. The first-order chi connectivity index (χ1) is 8.27. The number of hydrogen-bond acceptors (Lipinski definition) is 3. The summed E-state index contributed by atoms with van der Waals surface area (Å²) in [6.45, 7) is 11.4. The molecular weight excluding hydrogens is 246 g/mol. The van der Waals surface area contributed by atoms with E-state index in [1.54, 1.807) is 0 Å². The van der Waals surface area contributed by atoms with Crippen molar-refractivity contribution in [1.29, 1.82) is 0 Å². The lowest BCUT2D eigenvalue weighted by Gasteiger charge is -2.30. The molecule has 0 spiro atoms. The molecule has 1 atom stereocenters. The fourth-order valence-electron chi connectivity index (χ4n) is 1.84. The molecule has 18 heavy (non-hydrogen) atoms. The third-order valence-corrected chi connectivity index (χ3v) is 4.37. The van der Waals surface area contributed by atoms with Crippen LogP contribution in [0.3, 0.4) is 0 Å². The molecule has 3 nitrogen and oxygen atoms in total. The molecule has 0 fully saturated rings. The van der Waals surface area contributed by atoms with Gasteiger partial charge in [-0.15, -0.1) is 0 Å². The maximum Gasteiger partial charge on any atom is 0.323 e. The van der Waals surface area contributed by atoms with Gasteiger partial charge in [0.25, 0.3) is 0 Å². The summed E-state index contributed by atoms with van der Waals surface area (Å²) in [5.74, 6) is 0.311. The molecule has 0 saturated heterocycles. The quantitative estimate of drug-likeness (QED) is 0.632. The molecule has 1 unspecified atom stereocenters. The summed E-state index contributed by atoms with van der Waals surface area (Å²) in [5.41, 5.74) is -0.728. The number of carbonyl (C=O) groups is 1. The second kappa shape index (κ2) is 8.05. The molecule has 0 aromatic rings. The number of hydrogen-bond donors (Lipinski definition) is 2. The monoisotopic (exact) mass is 275 g/mol. The van der Waals surface area contributed by atoms with Gasteiger partial charge in [0.15, 0.2) is 0 Å². The molecule has 0 heterocycles. The Morgan fingerprint density at radius 3 is 2.28 bits per heavy atom. The Morgan fingerprint density at radius 2 is 1.89 bits per heavy atom. The predicted molar refractivity (Wildman–Crippen MR) is 80.4 cm³/mol. The Balaban J connectivity index is 4.28. The lowest BCUT2D eigenvalue weighted by molar-refractivity contribution is -0.145. The zero-order valence-electron chi connectivity index (χ0n) is 12.5. The number of rotatable bonds is 9. The fraction of sp³-hybridized carbons (Fsp3) is 0.929. The van der Waals surface area contributed by atoms with E-state index < -0.39 is 11.5 Å². The zero-order chi connectivity index (χ0) is 14.2. The van der Waals surface area contributed by atoms with E-state index in [1.807, 2.05) is 18.7 Å². The summed E-state index contributed by atoms with van der Waals surface area (Å²) < 4.78 is 0.259. The van der Waals surface area contributed by atoms with E-state index >= 15 is 0 Å². The Labute approximate surface area is 116 Å². The maximum absolute atomic E-state index is 11.5. The zero-order valence-corrected chi connectivity index (χ0v) is 13.3. The van der Waals surface area contributed by atoms with Gasteiger partial charge < -0.3 is 10.4 Å². The predicted octanol–water partition coefficient (Wildman–Crippen LogP) is 3.53. The third-order valence-electron chi connectivity index (χ3n) is 3.01. The van der Waals surface area contributed by atoms with E-state index in [-0.39, 0.29) is 4.75 Å². The molecule has 0 aromatic carbocycles. The molecule has 0 aliphatic carbocycles. The van der Waals surface area contributed by atoms with Gasteiger partial charge in [-0.05, 0) is 38.0 Å². The number of nitrogens with one attached hydrogen (secondary N) is 1. The highest BCUT2D eigenvalue weighted by Crippen LogP contribution is 2.26. The maximum atomic E-state index is 11.5. The second-order valence-electron chi connectivity index (χ2n) is 5.73. The fourth-order valence-corrected chi connectivity index (χ4v) is 2.74. The van der Waals surface area contributed by atoms with Crippen LogP contribution in [0.2, 0.25) is 0 Å². The van der Waals surface area contributed by atoms with Crippen LogP contribution in [-0.4, -0.2) is 33.7 Å². The summed E-state index contributed by atoms with van der Waals surface area (Å²) >= 11 is 1.90. The lowest BCUT2D eigenvalue weighted by Crippen LogP contribution is -2.52. The van der Waals surface area contributed by atoms with E-state index in [4.69, 9.17) is 0 Å². The van der Waals surface area contributed by atoms with Crippen LogP contribution in [-0.2, 0) is 4.79 Å². The number of aliphatic carboxylic acids is 1. The first-order valence-electron chi connectivity index (χ1n) is 6.90. The van der Waals surface area contributed by atoms with Crippen LogP contribution < -0.4 is 5.32 Å². The minimum Gasteiger partial charge on any atom is -0.480 e. The van der Waals surface area contributed by atoms with E-state index in [1.165, 1.54) is 0 Å². The van der Waals surface area contributed by atoms with Gasteiger partial charge in [0, 0.05) is 4.75 Å². The van der Waals surface area contributed by atoms with Crippen LogP contribution in [0.5, 0.6) is 0 Å². The van der Waals surface area contributed by atoms with Crippen molar-refractivity contribution in [3.8, 4) is 0 Å². The molecule has 0 aliphatic rings. The summed E-state index contributed by atoms with van der Waals surface area (Å²) in [4.78, 5) is 11.5. The van der Waals surface area contributed by atoms with Crippen LogP contribution in [0.25, 0.3) is 0 Å². The van der Waals surface area contributed by atoms with Crippen LogP contribution >= 0.6 is 11.8 Å². The highest BCUT2D eigenvalue weighted by atomic mass is 32.2. The smallest absolute Gasteiger partial charge is 0.323 e. The molecule has 0 aromatic heterocycles. The molecule has 108 valence electrons. The summed E-state index contributed by atoms with van der Waals surface area (Å²) in [7, 11) is 0. The Morgan fingerprint density at radius 1 is 1.28 bits per heavy atom. The summed E-state index contributed by atoms with van der Waals surface area (Å²) in [6, 6.07) is 0. The molecule has 0 radical (unpaired) electrons. The topological polar surface area (TPSA) is 49.3 Å². The highest BCUT2D eigenvalue weighted by Gasteiger charge is 2.35. The molecule has 2 N–H and O–H groups in total. The van der Waals surface area contributed by atoms with Gasteiger partial charge in [0.1, 0.15) is 5.54 Å². The van der Waals surface area contributed by atoms with Gasteiger partial charge in [-0.3, -0.25) is 4.79 Å². The van der Waals surface area contributed by atoms with Crippen LogP contribution in [0.1, 0.15) is 60.3 Å². The van der Waals surface area contributed by atoms with Gasteiger partial charge in [-0.1, -0.05) is 34.6 Å². The second-order valence-corrected chi connectivity index (χ2v) is 7.65. The molecule has 0 amide bonds. The van der Waals surface area contributed by atoms with Crippen LogP contribution in [0.4, 0.5) is 0 Å². The average molecular weight is 275 g/mol. The van der Waals surface area contributed by atoms with Crippen LogP contribution in [0.15, 0.2) is 0 Å². The van der Waals surface area contributed by atoms with Crippen molar-refractivity contribution in [2.45, 2.75) is 70.6 Å². The van der Waals surface area contributed by atoms with E-state index in [0.717, 1.165) is 25.1 Å². The SMILES string of the molecule is CCCNC(CC)(CCCSC(C)(C)C)C(=O)O. The Hall–Kier alpha value is -0.220. The van der Waals surface area contributed by atoms with E-state index in [9.17, 15) is 9.90 Å². The standard InChI is InChI=1S/C14H29NO2S/c1-6-10-15-14(7-2,12(16)17)9-8-11-18-13(3,4)5/h15H,6-11H2,1-5H3,(H,16,17). The first kappa shape index (κ1) is 17.8. The van der Waals surface area contributed by atoms with Crippen molar-refractivity contribution >= 4 is 17.7 Å². The average Bonchev–Trinajstić information content (AvgIpc) is 2.27. The summed E-state index contributed by atoms with van der Waals surface area (Å²) in [5, 5.41) is 12.7. The Kier molecular flexibility index (Phi) is 7.95. The van der Waals surface area contributed by atoms with Gasteiger partial charge in [-0.2, -0.15) is 11.8 Å². The number of thioether (sulfide) groups is 1. The number of carboxylic acids is 1. The lowest BCUT2D eigenvalue weighted by atomic mass is 9.90. The molecule has 0 aliphatic heterocycles. The third kappa shape index (κ3) is 6.64. The Bertz CT molecular complexity index is 251. The normalized spacial score (nSPS) is 15.4. The minimum atomic E-state index is -0.728. The van der Waals surface area contributed by atoms with Gasteiger partial charge in [0.2, 0.25) is 0 Å². The molecule has 4 heteroatoms. The van der Waals surface area contributed by atoms with E-state index in [0.29, 0.717) is 12.8 Å². The van der Waals surface area contributed by atoms with Crippen molar-refractivity contribution in [1.82, 2.24) is 5.32 Å². The van der Waals surface area contributed by atoms with Crippen molar-refractivity contribution in [2.24, 2.45) is 0 Å². The van der Waals surface area contributed by atoms with Crippen molar-refractivity contribution in [3.63, 3.8) is 0 Å². The largest absolute Gasteiger partial charge is 0.480 e. The minimum absolute atomic E-state index is 0.259. The van der Waals surface area contributed by atoms with Crippen LogP contribution in [0, 0.1) is 0 Å². The van der Waals surface area contributed by atoms with Crippen molar-refractivity contribution in [3.05, 3.63) is 0 Å². The van der Waals surface area contributed by atoms with Gasteiger partial charge >= 0.3 is 5.97 Å². The molecule has 0 bridgehead atoms. The van der Waals surface area contributed by atoms with E-state index in [2.05, 4.69) is 33.0 Å². The molecular formula is C14H29NO2S. The van der Waals surface area contributed by atoms with Gasteiger partial charge in [-0.25, -0.2) is 0 Å². The number of carboxylic acid groups (broad SMARTS) is 1. The molecule has 0 rings (SSSR count).